The normalized spacial score (nSPS) is 13.7. The first-order chi connectivity index (χ1) is 10.4. The molecule has 0 radical (unpaired) electrons. The van der Waals surface area contributed by atoms with Gasteiger partial charge in [-0.3, -0.25) is 14.9 Å². The van der Waals surface area contributed by atoms with Crippen molar-refractivity contribution in [3.8, 4) is 0 Å². The van der Waals surface area contributed by atoms with Gasteiger partial charge in [0.05, 0.1) is 17.6 Å². The molecular weight excluding hydrogens is 314 g/mol. The van der Waals surface area contributed by atoms with E-state index in [0.717, 1.165) is 0 Å². The Morgan fingerprint density at radius 1 is 1.30 bits per heavy atom. The van der Waals surface area contributed by atoms with E-state index in [-0.39, 0.29) is 29.5 Å². The second-order valence-corrected chi connectivity index (χ2v) is 12.0. The second kappa shape index (κ2) is 7.33. The van der Waals surface area contributed by atoms with Gasteiger partial charge in [-0.15, -0.1) is 0 Å². The summed E-state index contributed by atoms with van der Waals surface area (Å²) in [5.74, 6) is -0.180. The van der Waals surface area contributed by atoms with Crippen LogP contribution in [0.3, 0.4) is 0 Å². The van der Waals surface area contributed by atoms with Gasteiger partial charge >= 0.3 is 0 Å². The average molecular weight is 339 g/mol. The lowest BCUT2D eigenvalue weighted by Crippen LogP contribution is -2.42. The Labute approximate surface area is 137 Å². The van der Waals surface area contributed by atoms with Gasteiger partial charge in [-0.05, 0) is 35.8 Å². The molecule has 0 heterocycles. The van der Waals surface area contributed by atoms with E-state index < -0.39 is 19.3 Å². The standard InChI is InChI=1S/C16H25NO5Si/c1-16(2,3)23(4,5)22-11-14(18)10-15(19)12-6-8-13(9-7-12)17(20)21/h6-9,15,19H,10-11H2,1-5H3/t15-/m1/s1. The van der Waals surface area contributed by atoms with Gasteiger partial charge in [-0.1, -0.05) is 20.8 Å². The summed E-state index contributed by atoms with van der Waals surface area (Å²) < 4.78 is 5.83. The number of aliphatic hydroxyl groups is 1. The molecule has 0 aliphatic carbocycles. The molecule has 1 atom stereocenters. The molecule has 1 aromatic carbocycles. The molecule has 1 rings (SSSR count). The molecule has 23 heavy (non-hydrogen) atoms. The van der Waals surface area contributed by atoms with Crippen molar-refractivity contribution in [2.45, 2.75) is 51.4 Å². The third-order valence-electron chi connectivity index (χ3n) is 4.31. The van der Waals surface area contributed by atoms with Gasteiger partial charge < -0.3 is 9.53 Å². The Balaban J connectivity index is 2.58. The summed E-state index contributed by atoms with van der Waals surface area (Å²) >= 11 is 0. The van der Waals surface area contributed by atoms with Crippen molar-refractivity contribution in [1.82, 2.24) is 0 Å². The third kappa shape index (κ3) is 5.53. The van der Waals surface area contributed by atoms with Gasteiger partial charge in [0, 0.05) is 18.6 Å². The number of carbonyl (C=O) groups is 1. The topological polar surface area (TPSA) is 89.7 Å². The molecule has 0 aliphatic heterocycles. The number of nitro groups is 1. The first-order valence-corrected chi connectivity index (χ1v) is 10.4. The zero-order valence-corrected chi connectivity index (χ0v) is 15.3. The highest BCUT2D eigenvalue weighted by molar-refractivity contribution is 6.74. The average Bonchev–Trinajstić information content (AvgIpc) is 2.44. The summed E-state index contributed by atoms with van der Waals surface area (Å²) in [4.78, 5) is 22.1. The van der Waals surface area contributed by atoms with E-state index in [9.17, 15) is 20.0 Å². The number of ketones is 1. The molecule has 0 spiro atoms. The number of benzene rings is 1. The van der Waals surface area contributed by atoms with Crippen molar-refractivity contribution in [2.75, 3.05) is 6.61 Å². The molecule has 0 saturated heterocycles. The van der Waals surface area contributed by atoms with Gasteiger partial charge in [0.1, 0.15) is 0 Å². The minimum atomic E-state index is -2.00. The quantitative estimate of drug-likeness (QED) is 0.465. The van der Waals surface area contributed by atoms with Crippen LogP contribution in [-0.4, -0.2) is 30.7 Å². The van der Waals surface area contributed by atoms with Crippen LogP contribution in [0.4, 0.5) is 5.69 Å². The van der Waals surface area contributed by atoms with Crippen LogP contribution in [0, 0.1) is 10.1 Å². The van der Waals surface area contributed by atoms with Crippen molar-refractivity contribution in [3.05, 3.63) is 39.9 Å². The van der Waals surface area contributed by atoms with Crippen LogP contribution >= 0.6 is 0 Å². The van der Waals surface area contributed by atoms with Crippen molar-refractivity contribution < 1.29 is 19.3 Å². The Kier molecular flexibility index (Phi) is 6.21. The van der Waals surface area contributed by atoms with Crippen LogP contribution in [0.1, 0.15) is 38.9 Å². The molecule has 1 N–H and O–H groups in total. The zero-order valence-electron chi connectivity index (χ0n) is 14.3. The zero-order chi connectivity index (χ0) is 17.8. The Morgan fingerprint density at radius 3 is 2.26 bits per heavy atom. The number of carbonyl (C=O) groups excluding carboxylic acids is 1. The number of nitro benzene ring substituents is 1. The van der Waals surface area contributed by atoms with Crippen LogP contribution in [0.5, 0.6) is 0 Å². The Hall–Kier alpha value is -1.57. The maximum Gasteiger partial charge on any atom is 0.269 e. The highest BCUT2D eigenvalue weighted by Crippen LogP contribution is 2.36. The van der Waals surface area contributed by atoms with Gasteiger partial charge in [0.15, 0.2) is 14.1 Å². The van der Waals surface area contributed by atoms with Crippen molar-refractivity contribution in [3.63, 3.8) is 0 Å². The van der Waals surface area contributed by atoms with E-state index in [2.05, 4.69) is 33.9 Å². The summed E-state index contributed by atoms with van der Waals surface area (Å²) in [5, 5.41) is 20.7. The summed E-state index contributed by atoms with van der Waals surface area (Å²) in [5.41, 5.74) is 0.435. The second-order valence-electron chi connectivity index (χ2n) is 7.16. The molecule has 128 valence electrons. The van der Waals surface area contributed by atoms with Crippen molar-refractivity contribution in [2.24, 2.45) is 0 Å². The highest BCUT2D eigenvalue weighted by Gasteiger charge is 2.37. The summed E-state index contributed by atoms with van der Waals surface area (Å²) in [6.07, 6.45) is -1.04. The van der Waals surface area contributed by atoms with E-state index in [1.165, 1.54) is 24.3 Å². The maximum absolute atomic E-state index is 12.0. The molecule has 0 saturated carbocycles. The molecule has 7 heteroatoms. The lowest BCUT2D eigenvalue weighted by molar-refractivity contribution is -0.384. The molecule has 6 nitrogen and oxygen atoms in total. The Morgan fingerprint density at radius 2 is 1.83 bits per heavy atom. The largest absolute Gasteiger partial charge is 0.410 e. The summed E-state index contributed by atoms with van der Waals surface area (Å²) in [6.45, 7) is 10.4. The highest BCUT2D eigenvalue weighted by atomic mass is 28.4. The van der Waals surface area contributed by atoms with E-state index in [0.29, 0.717) is 5.56 Å². The molecule has 0 unspecified atom stereocenters. The number of rotatable bonds is 7. The van der Waals surface area contributed by atoms with Gasteiger partial charge in [0.25, 0.3) is 5.69 Å². The number of hydrogen-bond donors (Lipinski definition) is 1. The molecule has 0 amide bonds. The fourth-order valence-electron chi connectivity index (χ4n) is 1.69. The molecule has 0 fully saturated rings. The molecule has 0 aromatic heterocycles. The van der Waals surface area contributed by atoms with Crippen molar-refractivity contribution >= 4 is 19.8 Å². The maximum atomic E-state index is 12.0. The number of non-ortho nitro benzene ring substituents is 1. The fraction of sp³-hybridized carbons (Fsp3) is 0.562. The molecule has 1 aromatic rings. The minimum Gasteiger partial charge on any atom is -0.410 e. The fourth-order valence-corrected chi connectivity index (χ4v) is 2.64. The predicted molar refractivity (Wildman–Crippen MR) is 90.8 cm³/mol. The van der Waals surface area contributed by atoms with Crippen LogP contribution < -0.4 is 0 Å². The molecular formula is C16H25NO5Si. The Bertz CT molecular complexity index is 563. The number of aliphatic hydroxyl groups excluding tert-OH is 1. The predicted octanol–water partition coefficient (Wildman–Crippen LogP) is 3.61. The van der Waals surface area contributed by atoms with E-state index >= 15 is 0 Å². The van der Waals surface area contributed by atoms with Crippen LogP contribution in [0.25, 0.3) is 0 Å². The first kappa shape index (κ1) is 19.5. The summed E-state index contributed by atoms with van der Waals surface area (Å²) in [7, 11) is -2.00. The van der Waals surface area contributed by atoms with Crippen LogP contribution in [0.2, 0.25) is 18.1 Å². The van der Waals surface area contributed by atoms with E-state index in [1.54, 1.807) is 0 Å². The first-order valence-electron chi connectivity index (χ1n) is 7.52. The smallest absolute Gasteiger partial charge is 0.269 e. The number of Topliss-reactive ketones (excluding diaryl/α,β-unsaturated/α-hetero) is 1. The van der Waals surface area contributed by atoms with Gasteiger partial charge in [-0.2, -0.15) is 0 Å². The number of nitrogens with zero attached hydrogens (tertiary/aromatic N) is 1. The lowest BCUT2D eigenvalue weighted by atomic mass is 10.0. The monoisotopic (exact) mass is 339 g/mol. The minimum absolute atomic E-state index is 0.0134. The number of hydrogen-bond acceptors (Lipinski definition) is 5. The third-order valence-corrected chi connectivity index (χ3v) is 8.79. The molecule has 0 aliphatic rings. The SMILES string of the molecule is CC(C)(C)[Si](C)(C)OCC(=O)C[C@@H](O)c1ccc([N+](=O)[O-])cc1. The van der Waals surface area contributed by atoms with Crippen molar-refractivity contribution in [1.29, 1.82) is 0 Å². The van der Waals surface area contributed by atoms with Crippen LogP contribution in [-0.2, 0) is 9.22 Å². The van der Waals surface area contributed by atoms with E-state index in [4.69, 9.17) is 4.43 Å². The summed E-state index contributed by atoms with van der Waals surface area (Å²) in [6, 6.07) is 5.56. The van der Waals surface area contributed by atoms with Gasteiger partial charge in [0.2, 0.25) is 0 Å². The van der Waals surface area contributed by atoms with Crippen LogP contribution in [0.15, 0.2) is 24.3 Å². The lowest BCUT2D eigenvalue weighted by Gasteiger charge is -2.35. The van der Waals surface area contributed by atoms with E-state index in [1.807, 2.05) is 0 Å². The molecule has 0 bridgehead atoms. The van der Waals surface area contributed by atoms with Gasteiger partial charge in [-0.25, -0.2) is 0 Å².